The summed E-state index contributed by atoms with van der Waals surface area (Å²) in [7, 11) is 0. The van der Waals surface area contributed by atoms with E-state index < -0.39 is 6.03 Å². The van der Waals surface area contributed by atoms with Crippen LogP contribution in [0.5, 0.6) is 0 Å². The Labute approximate surface area is 191 Å². The Balaban J connectivity index is 1.40. The molecule has 172 valence electrons. The topological polar surface area (TPSA) is 82.3 Å². The quantitative estimate of drug-likeness (QED) is 0.533. The van der Waals surface area contributed by atoms with Gasteiger partial charge in [0.05, 0.1) is 11.4 Å². The second-order valence-corrected chi connectivity index (χ2v) is 9.57. The maximum absolute atomic E-state index is 13.2. The third-order valence-electron chi connectivity index (χ3n) is 7.34. The molecule has 1 aromatic rings. The average Bonchev–Trinajstić information content (AvgIpc) is 2.82. The molecular formula is C26H36N4O2. The van der Waals surface area contributed by atoms with Crippen molar-refractivity contribution in [3.05, 3.63) is 59.6 Å². The molecule has 0 spiro atoms. The summed E-state index contributed by atoms with van der Waals surface area (Å²) >= 11 is 0. The van der Waals surface area contributed by atoms with Crippen molar-refractivity contribution in [2.45, 2.75) is 82.7 Å². The van der Waals surface area contributed by atoms with Crippen LogP contribution in [0.2, 0.25) is 0 Å². The summed E-state index contributed by atoms with van der Waals surface area (Å²) in [6, 6.07) is 10.5. The molecule has 32 heavy (non-hydrogen) atoms. The summed E-state index contributed by atoms with van der Waals surface area (Å²) in [6.45, 7) is 6.15. The Morgan fingerprint density at radius 2 is 1.69 bits per heavy atom. The minimum atomic E-state index is -0.413. The van der Waals surface area contributed by atoms with Crippen LogP contribution in [0.25, 0.3) is 0 Å². The summed E-state index contributed by atoms with van der Waals surface area (Å²) in [4.78, 5) is 25.3. The molecule has 1 aromatic carbocycles. The van der Waals surface area contributed by atoms with Gasteiger partial charge in [0.15, 0.2) is 0 Å². The van der Waals surface area contributed by atoms with Crippen molar-refractivity contribution in [2.24, 2.45) is 5.92 Å². The highest BCUT2D eigenvalue weighted by atomic mass is 16.2. The molecular weight excluding hydrogens is 400 g/mol. The fourth-order valence-electron chi connectivity index (χ4n) is 5.42. The van der Waals surface area contributed by atoms with Crippen LogP contribution in [0.1, 0.15) is 76.2 Å². The van der Waals surface area contributed by atoms with Gasteiger partial charge in [0, 0.05) is 12.1 Å². The number of urea groups is 1. The molecule has 0 saturated heterocycles. The lowest BCUT2D eigenvalue weighted by Gasteiger charge is -2.33. The first-order valence-corrected chi connectivity index (χ1v) is 12.1. The summed E-state index contributed by atoms with van der Waals surface area (Å²) in [5.74, 6) is 0.886. The first kappa shape index (κ1) is 22.4. The van der Waals surface area contributed by atoms with Crippen LogP contribution < -0.4 is 21.3 Å². The number of hydrogen-bond donors (Lipinski definition) is 4. The number of hydrogen-bond acceptors (Lipinski definition) is 3. The van der Waals surface area contributed by atoms with Gasteiger partial charge in [-0.25, -0.2) is 4.79 Å². The highest BCUT2D eigenvalue weighted by molar-refractivity contribution is 6.00. The molecule has 1 aliphatic heterocycles. The van der Waals surface area contributed by atoms with Crippen molar-refractivity contribution in [1.82, 2.24) is 21.3 Å². The molecule has 4 N–H and O–H groups in total. The molecule has 0 aromatic heterocycles. The van der Waals surface area contributed by atoms with Gasteiger partial charge in [-0.05, 0) is 62.8 Å². The SMILES string of the molecule is C=C1NC(=O)NC(C(=O)NC2CCC(c3ccccc3)CC2)=C1N[C@@H](C)C1CCCCC1. The van der Waals surface area contributed by atoms with Gasteiger partial charge in [-0.1, -0.05) is 56.2 Å². The highest BCUT2D eigenvalue weighted by Crippen LogP contribution is 2.33. The molecule has 0 bridgehead atoms. The zero-order chi connectivity index (χ0) is 22.5. The van der Waals surface area contributed by atoms with E-state index in [2.05, 4.69) is 59.0 Å². The van der Waals surface area contributed by atoms with E-state index >= 15 is 0 Å². The summed E-state index contributed by atoms with van der Waals surface area (Å²) in [5, 5.41) is 12.1. The lowest BCUT2D eigenvalue weighted by atomic mass is 9.82. The molecule has 3 amide bonds. The van der Waals surface area contributed by atoms with E-state index in [4.69, 9.17) is 0 Å². The number of carbonyl (C=O) groups is 2. The number of nitrogens with one attached hydrogen (secondary N) is 4. The van der Waals surface area contributed by atoms with Crippen molar-refractivity contribution < 1.29 is 9.59 Å². The second kappa shape index (κ2) is 10.2. The van der Waals surface area contributed by atoms with Crippen LogP contribution in [0.3, 0.4) is 0 Å². The van der Waals surface area contributed by atoms with Gasteiger partial charge in [-0.15, -0.1) is 0 Å². The van der Waals surface area contributed by atoms with E-state index in [1.165, 1.54) is 37.7 Å². The summed E-state index contributed by atoms with van der Waals surface area (Å²) < 4.78 is 0. The minimum Gasteiger partial charge on any atom is -0.379 e. The number of benzene rings is 1. The van der Waals surface area contributed by atoms with Crippen molar-refractivity contribution in [1.29, 1.82) is 0 Å². The number of carbonyl (C=O) groups excluding carboxylic acids is 2. The van der Waals surface area contributed by atoms with Crippen LogP contribution in [0.4, 0.5) is 4.79 Å². The Bertz CT molecular complexity index is 865. The minimum absolute atomic E-state index is 0.118. The predicted molar refractivity (Wildman–Crippen MR) is 127 cm³/mol. The van der Waals surface area contributed by atoms with Crippen molar-refractivity contribution in [2.75, 3.05) is 0 Å². The highest BCUT2D eigenvalue weighted by Gasteiger charge is 2.31. The maximum Gasteiger partial charge on any atom is 0.323 e. The predicted octanol–water partition coefficient (Wildman–Crippen LogP) is 4.43. The number of amides is 3. The van der Waals surface area contributed by atoms with Crippen molar-refractivity contribution in [3.63, 3.8) is 0 Å². The molecule has 0 unspecified atom stereocenters. The average molecular weight is 437 g/mol. The lowest BCUT2D eigenvalue weighted by Crippen LogP contribution is -2.51. The molecule has 0 radical (unpaired) electrons. The van der Waals surface area contributed by atoms with Crippen LogP contribution >= 0.6 is 0 Å². The third kappa shape index (κ3) is 5.34. The summed E-state index contributed by atoms with van der Waals surface area (Å²) in [6.07, 6.45) is 10.2. The van der Waals surface area contributed by atoms with Crippen LogP contribution in [-0.4, -0.2) is 24.0 Å². The molecule has 6 heteroatoms. The molecule has 1 heterocycles. The zero-order valence-corrected chi connectivity index (χ0v) is 19.1. The molecule has 3 aliphatic rings. The maximum atomic E-state index is 13.2. The van der Waals surface area contributed by atoms with E-state index in [-0.39, 0.29) is 23.7 Å². The van der Waals surface area contributed by atoms with Gasteiger partial charge in [-0.3, -0.25) is 4.79 Å². The Kier molecular flexibility index (Phi) is 7.18. The first-order chi connectivity index (χ1) is 15.5. The third-order valence-corrected chi connectivity index (χ3v) is 7.34. The summed E-state index contributed by atoms with van der Waals surface area (Å²) in [5.41, 5.74) is 2.73. The van der Waals surface area contributed by atoms with Gasteiger partial charge in [0.1, 0.15) is 5.70 Å². The Morgan fingerprint density at radius 3 is 2.38 bits per heavy atom. The lowest BCUT2D eigenvalue weighted by molar-refractivity contribution is -0.118. The zero-order valence-electron chi connectivity index (χ0n) is 19.1. The van der Waals surface area contributed by atoms with Gasteiger partial charge in [-0.2, -0.15) is 0 Å². The Morgan fingerprint density at radius 1 is 1.00 bits per heavy atom. The van der Waals surface area contributed by atoms with Gasteiger partial charge in [0.25, 0.3) is 5.91 Å². The smallest absolute Gasteiger partial charge is 0.323 e. The van der Waals surface area contributed by atoms with Gasteiger partial charge < -0.3 is 21.3 Å². The molecule has 6 nitrogen and oxygen atoms in total. The monoisotopic (exact) mass is 436 g/mol. The fourth-order valence-corrected chi connectivity index (χ4v) is 5.42. The van der Waals surface area contributed by atoms with E-state index in [9.17, 15) is 9.59 Å². The normalized spacial score (nSPS) is 25.5. The molecule has 2 aliphatic carbocycles. The van der Waals surface area contributed by atoms with E-state index in [0.29, 0.717) is 23.2 Å². The van der Waals surface area contributed by atoms with Crippen molar-refractivity contribution >= 4 is 11.9 Å². The molecule has 2 fully saturated rings. The van der Waals surface area contributed by atoms with Gasteiger partial charge in [0.2, 0.25) is 0 Å². The van der Waals surface area contributed by atoms with Crippen molar-refractivity contribution in [3.8, 4) is 0 Å². The standard InChI is InChI=1S/C26H36N4O2/c1-17(19-9-5-3-6-10-19)27-23-18(2)28-26(32)30-24(23)25(31)29-22-15-13-21(14-16-22)20-11-7-4-8-12-20/h4,7-8,11-12,17,19,21-22,27H,2-3,5-6,9-10,13-16H2,1H3,(H,29,31)(H2,28,30,32)/t17-,21?,22?/m0/s1. The fraction of sp³-hybridized carbons (Fsp3) is 0.538. The largest absolute Gasteiger partial charge is 0.379 e. The second-order valence-electron chi connectivity index (χ2n) is 9.57. The van der Waals surface area contributed by atoms with Crippen LogP contribution in [-0.2, 0) is 4.79 Å². The molecule has 4 rings (SSSR count). The molecule has 2 saturated carbocycles. The first-order valence-electron chi connectivity index (χ1n) is 12.1. The number of rotatable bonds is 6. The van der Waals surface area contributed by atoms with E-state index in [1.54, 1.807) is 0 Å². The van der Waals surface area contributed by atoms with E-state index in [0.717, 1.165) is 25.7 Å². The van der Waals surface area contributed by atoms with Crippen LogP contribution in [0.15, 0.2) is 54.0 Å². The Hall–Kier alpha value is -2.76. The molecule has 1 atom stereocenters. The van der Waals surface area contributed by atoms with E-state index in [1.807, 2.05) is 6.07 Å². The van der Waals surface area contributed by atoms with Gasteiger partial charge >= 0.3 is 6.03 Å². The van der Waals surface area contributed by atoms with Crippen LogP contribution in [0, 0.1) is 5.92 Å².